The molecule has 4 rings (SSSR count). The second-order valence-corrected chi connectivity index (χ2v) is 9.23. The Labute approximate surface area is 175 Å². The summed E-state index contributed by atoms with van der Waals surface area (Å²) in [4.78, 5) is 28.9. The van der Waals surface area contributed by atoms with E-state index in [1.807, 2.05) is 12.1 Å². The summed E-state index contributed by atoms with van der Waals surface area (Å²) in [6.07, 6.45) is 14.1. The van der Waals surface area contributed by atoms with Crippen molar-refractivity contribution in [3.63, 3.8) is 0 Å². The van der Waals surface area contributed by atoms with Crippen molar-refractivity contribution in [3.05, 3.63) is 34.9 Å². The molecule has 2 fully saturated rings. The second-order valence-electron chi connectivity index (χ2n) is 9.23. The van der Waals surface area contributed by atoms with Crippen molar-refractivity contribution < 1.29 is 9.59 Å². The van der Waals surface area contributed by atoms with Crippen molar-refractivity contribution in [1.82, 2.24) is 10.2 Å². The molecule has 4 nitrogen and oxygen atoms in total. The first kappa shape index (κ1) is 20.6. The Bertz CT molecular complexity index is 718. The lowest BCUT2D eigenvalue weighted by atomic mass is 9.85. The van der Waals surface area contributed by atoms with Crippen LogP contribution < -0.4 is 5.32 Å². The fourth-order valence-electron chi connectivity index (χ4n) is 5.49. The van der Waals surface area contributed by atoms with E-state index >= 15 is 0 Å². The van der Waals surface area contributed by atoms with Gasteiger partial charge in [-0.05, 0) is 75.6 Å². The number of aryl methyl sites for hydroxylation is 1. The number of nitrogens with one attached hydrogen (secondary N) is 1. The van der Waals surface area contributed by atoms with Crippen LogP contribution in [-0.4, -0.2) is 41.8 Å². The van der Waals surface area contributed by atoms with Gasteiger partial charge in [-0.3, -0.25) is 14.5 Å². The Hall–Kier alpha value is -1.68. The number of piperidine rings is 1. The molecule has 1 saturated carbocycles. The number of likely N-dealkylation sites (tertiary alicyclic amines) is 1. The van der Waals surface area contributed by atoms with E-state index in [-0.39, 0.29) is 17.7 Å². The van der Waals surface area contributed by atoms with Crippen molar-refractivity contribution in [1.29, 1.82) is 0 Å². The molecule has 3 aliphatic rings. The van der Waals surface area contributed by atoms with Crippen LogP contribution in [-0.2, 0) is 17.6 Å². The first-order chi connectivity index (χ1) is 14.2. The van der Waals surface area contributed by atoms with Crippen molar-refractivity contribution in [2.75, 3.05) is 13.1 Å². The Morgan fingerprint density at radius 1 is 0.931 bits per heavy atom. The largest absolute Gasteiger partial charge is 0.352 e. The van der Waals surface area contributed by atoms with Gasteiger partial charge in [0, 0.05) is 18.0 Å². The second kappa shape index (κ2) is 9.88. The highest BCUT2D eigenvalue weighted by atomic mass is 16.2. The average Bonchev–Trinajstić information content (AvgIpc) is 2.78. The molecule has 1 N–H and O–H groups in total. The number of rotatable bonds is 6. The van der Waals surface area contributed by atoms with E-state index in [2.05, 4.69) is 16.3 Å². The van der Waals surface area contributed by atoms with Gasteiger partial charge in [-0.25, -0.2) is 0 Å². The number of amides is 1. The number of Topliss-reactive ketones (excluding diaryl/α,β-unsaturated/α-hetero) is 1. The predicted octanol–water partition coefficient (Wildman–Crippen LogP) is 4.44. The molecular formula is C25H36N2O2. The van der Waals surface area contributed by atoms with Gasteiger partial charge in [0.1, 0.15) is 0 Å². The number of hydrogen-bond acceptors (Lipinski definition) is 3. The summed E-state index contributed by atoms with van der Waals surface area (Å²) in [6.45, 7) is 1.87. The smallest absolute Gasteiger partial charge is 0.238 e. The SMILES string of the molecule is O=C(CC(C(=O)NC1CCCCC1)N1CCCCC1)c1cccc2c1CCCC2. The lowest BCUT2D eigenvalue weighted by molar-refractivity contribution is -0.127. The topological polar surface area (TPSA) is 49.4 Å². The summed E-state index contributed by atoms with van der Waals surface area (Å²) in [7, 11) is 0. The summed E-state index contributed by atoms with van der Waals surface area (Å²) < 4.78 is 0. The van der Waals surface area contributed by atoms with Crippen LogP contribution >= 0.6 is 0 Å². The van der Waals surface area contributed by atoms with Gasteiger partial charge >= 0.3 is 0 Å². The highest BCUT2D eigenvalue weighted by Crippen LogP contribution is 2.27. The predicted molar refractivity (Wildman–Crippen MR) is 116 cm³/mol. The van der Waals surface area contributed by atoms with Crippen LogP contribution in [0.2, 0.25) is 0 Å². The fraction of sp³-hybridized carbons (Fsp3) is 0.680. The summed E-state index contributed by atoms with van der Waals surface area (Å²) in [5, 5.41) is 3.30. The van der Waals surface area contributed by atoms with Crippen LogP contribution in [0.15, 0.2) is 18.2 Å². The number of benzene rings is 1. The van der Waals surface area contributed by atoms with Gasteiger partial charge in [-0.1, -0.05) is 43.9 Å². The number of fused-ring (bicyclic) bond motifs is 1. The fourth-order valence-corrected chi connectivity index (χ4v) is 5.49. The molecule has 4 heteroatoms. The molecule has 2 aliphatic carbocycles. The Balaban J connectivity index is 1.50. The molecule has 1 aromatic rings. The third-order valence-electron chi connectivity index (χ3n) is 7.16. The lowest BCUT2D eigenvalue weighted by Gasteiger charge is -2.35. The molecule has 1 amide bonds. The quantitative estimate of drug-likeness (QED) is 0.723. The first-order valence-corrected chi connectivity index (χ1v) is 11.9. The normalized spacial score (nSPS) is 21.9. The molecule has 1 aliphatic heterocycles. The minimum Gasteiger partial charge on any atom is -0.352 e. The van der Waals surface area contributed by atoms with Crippen LogP contribution in [0.5, 0.6) is 0 Å². The van der Waals surface area contributed by atoms with Crippen LogP contribution in [0.25, 0.3) is 0 Å². The molecule has 158 valence electrons. The monoisotopic (exact) mass is 396 g/mol. The zero-order valence-electron chi connectivity index (χ0n) is 17.8. The maximum atomic E-state index is 13.4. The molecule has 0 aromatic heterocycles. The number of hydrogen-bond donors (Lipinski definition) is 1. The van der Waals surface area contributed by atoms with E-state index in [9.17, 15) is 9.59 Å². The zero-order chi connectivity index (χ0) is 20.1. The third kappa shape index (κ3) is 5.09. The Kier molecular flexibility index (Phi) is 7.02. The van der Waals surface area contributed by atoms with E-state index < -0.39 is 0 Å². The van der Waals surface area contributed by atoms with E-state index in [1.54, 1.807) is 0 Å². The summed E-state index contributed by atoms with van der Waals surface area (Å²) in [5.41, 5.74) is 3.45. The minimum atomic E-state index is -0.316. The van der Waals surface area contributed by atoms with E-state index in [0.29, 0.717) is 12.5 Å². The summed E-state index contributed by atoms with van der Waals surface area (Å²) in [6, 6.07) is 6.16. The van der Waals surface area contributed by atoms with Crippen LogP contribution in [0.3, 0.4) is 0 Å². The van der Waals surface area contributed by atoms with Crippen LogP contribution in [0.1, 0.15) is 92.1 Å². The zero-order valence-corrected chi connectivity index (χ0v) is 17.8. The maximum Gasteiger partial charge on any atom is 0.238 e. The molecule has 0 radical (unpaired) electrons. The van der Waals surface area contributed by atoms with Gasteiger partial charge < -0.3 is 5.32 Å². The van der Waals surface area contributed by atoms with Gasteiger partial charge in [0.15, 0.2) is 5.78 Å². The van der Waals surface area contributed by atoms with Crippen LogP contribution in [0, 0.1) is 0 Å². The molecule has 1 unspecified atom stereocenters. The number of carbonyl (C=O) groups is 2. The van der Waals surface area contributed by atoms with Gasteiger partial charge in [0.25, 0.3) is 0 Å². The average molecular weight is 397 g/mol. The molecule has 1 aromatic carbocycles. The summed E-state index contributed by atoms with van der Waals surface area (Å²) in [5.74, 6) is 0.232. The van der Waals surface area contributed by atoms with Crippen molar-refractivity contribution >= 4 is 11.7 Å². The Morgan fingerprint density at radius 3 is 2.45 bits per heavy atom. The van der Waals surface area contributed by atoms with Gasteiger partial charge in [-0.15, -0.1) is 0 Å². The van der Waals surface area contributed by atoms with Crippen molar-refractivity contribution in [3.8, 4) is 0 Å². The van der Waals surface area contributed by atoms with Crippen molar-refractivity contribution in [2.24, 2.45) is 0 Å². The third-order valence-corrected chi connectivity index (χ3v) is 7.16. The molecule has 29 heavy (non-hydrogen) atoms. The first-order valence-electron chi connectivity index (χ1n) is 11.9. The molecule has 1 atom stereocenters. The standard InChI is InChI=1S/C25H36N2O2/c28-24(22-15-9-11-19-10-5-6-14-21(19)22)18-23(27-16-7-2-8-17-27)25(29)26-20-12-3-1-4-13-20/h9,11,15,20,23H,1-8,10,12-14,16-18H2,(H,26,29). The highest BCUT2D eigenvalue weighted by molar-refractivity contribution is 6.01. The summed E-state index contributed by atoms with van der Waals surface area (Å²) >= 11 is 0. The van der Waals surface area contributed by atoms with Gasteiger partial charge in [-0.2, -0.15) is 0 Å². The molecule has 1 saturated heterocycles. The molecule has 0 bridgehead atoms. The number of nitrogens with zero attached hydrogens (tertiary/aromatic N) is 1. The molecule has 0 spiro atoms. The van der Waals surface area contributed by atoms with E-state index in [1.165, 1.54) is 43.2 Å². The number of carbonyl (C=O) groups excluding carboxylic acids is 2. The number of ketones is 1. The van der Waals surface area contributed by atoms with Crippen LogP contribution in [0.4, 0.5) is 0 Å². The Morgan fingerprint density at radius 2 is 1.66 bits per heavy atom. The maximum absolute atomic E-state index is 13.4. The molecule has 1 heterocycles. The minimum absolute atomic E-state index is 0.0805. The van der Waals surface area contributed by atoms with Crippen molar-refractivity contribution in [2.45, 2.75) is 95.6 Å². The van der Waals surface area contributed by atoms with Gasteiger partial charge in [0.05, 0.1) is 6.04 Å². The van der Waals surface area contributed by atoms with Gasteiger partial charge in [0.2, 0.25) is 5.91 Å². The highest BCUT2D eigenvalue weighted by Gasteiger charge is 2.32. The molecular weight excluding hydrogens is 360 g/mol. The van der Waals surface area contributed by atoms with E-state index in [4.69, 9.17) is 0 Å². The van der Waals surface area contributed by atoms with E-state index in [0.717, 1.165) is 63.6 Å². The lowest BCUT2D eigenvalue weighted by Crippen LogP contribution is -2.52.